The average Bonchev–Trinajstić information content (AvgIpc) is 2.11. The Labute approximate surface area is 82.1 Å². The quantitative estimate of drug-likeness (QED) is 0.571. The second-order valence-electron chi connectivity index (χ2n) is 2.49. The van der Waals surface area contributed by atoms with Gasteiger partial charge in [-0.3, -0.25) is 0 Å². The molecule has 5 heteroatoms. The molecule has 0 amide bonds. The number of nitrogens with one attached hydrogen (secondary N) is 1. The Kier molecular flexibility index (Phi) is 3.79. The number of nitrogens with zero attached hydrogens (tertiary/aromatic N) is 1. The van der Waals surface area contributed by atoms with Crippen LogP contribution in [0.5, 0.6) is 0 Å². The van der Waals surface area contributed by atoms with Crippen LogP contribution in [0.15, 0.2) is 12.1 Å². The Balaban J connectivity index is 2.59. The van der Waals surface area contributed by atoms with Crippen molar-refractivity contribution < 1.29 is 4.74 Å². The van der Waals surface area contributed by atoms with E-state index in [0.717, 1.165) is 0 Å². The van der Waals surface area contributed by atoms with Gasteiger partial charge in [-0.15, -0.1) is 0 Å². The molecule has 0 unspecified atom stereocenters. The van der Waals surface area contributed by atoms with Crippen LogP contribution >= 0.6 is 11.6 Å². The maximum atomic E-state index is 5.69. The van der Waals surface area contributed by atoms with Crippen molar-refractivity contribution in [1.82, 2.24) is 4.98 Å². The minimum absolute atomic E-state index is 0.425. The normalized spacial score (nSPS) is 10.0. The van der Waals surface area contributed by atoms with Crippen LogP contribution in [0.2, 0.25) is 5.15 Å². The number of rotatable bonds is 4. The smallest absolute Gasteiger partial charge is 0.151 e. The second kappa shape index (κ2) is 4.89. The zero-order chi connectivity index (χ0) is 9.68. The summed E-state index contributed by atoms with van der Waals surface area (Å²) in [5, 5.41) is 3.43. The molecule has 0 spiro atoms. The van der Waals surface area contributed by atoms with Crippen molar-refractivity contribution >= 4 is 23.1 Å². The Bertz CT molecular complexity index is 280. The number of ether oxygens (including phenoxy) is 1. The van der Waals surface area contributed by atoms with Crippen molar-refractivity contribution in [3.63, 3.8) is 0 Å². The number of nitrogen functional groups attached to an aromatic ring is 1. The van der Waals surface area contributed by atoms with Crippen molar-refractivity contribution in [2.24, 2.45) is 0 Å². The van der Waals surface area contributed by atoms with Gasteiger partial charge < -0.3 is 15.8 Å². The number of hydrogen-bond acceptors (Lipinski definition) is 4. The Morgan fingerprint density at radius 3 is 3.08 bits per heavy atom. The number of hydrogen-bond donors (Lipinski definition) is 2. The lowest BCUT2D eigenvalue weighted by Crippen LogP contribution is -2.10. The third-order valence-electron chi connectivity index (χ3n) is 1.49. The fraction of sp³-hybridized carbons (Fsp3) is 0.375. The molecular weight excluding hydrogens is 190 g/mol. The van der Waals surface area contributed by atoms with E-state index in [2.05, 4.69) is 10.3 Å². The van der Waals surface area contributed by atoms with E-state index in [4.69, 9.17) is 22.1 Å². The van der Waals surface area contributed by atoms with Gasteiger partial charge in [0.1, 0.15) is 5.15 Å². The van der Waals surface area contributed by atoms with E-state index in [9.17, 15) is 0 Å². The van der Waals surface area contributed by atoms with Gasteiger partial charge in [-0.1, -0.05) is 11.6 Å². The summed E-state index contributed by atoms with van der Waals surface area (Å²) < 4.78 is 4.87. The molecule has 1 aromatic heterocycles. The highest BCUT2D eigenvalue weighted by Gasteiger charge is 1.99. The molecule has 0 bridgehead atoms. The first-order valence-electron chi connectivity index (χ1n) is 3.89. The highest BCUT2D eigenvalue weighted by Crippen LogP contribution is 2.17. The molecule has 1 heterocycles. The highest BCUT2D eigenvalue weighted by atomic mass is 35.5. The number of halogens is 1. The van der Waals surface area contributed by atoms with Crippen molar-refractivity contribution in [2.75, 3.05) is 31.3 Å². The van der Waals surface area contributed by atoms with Crippen LogP contribution in [0.3, 0.4) is 0 Å². The van der Waals surface area contributed by atoms with Crippen LogP contribution in [0.25, 0.3) is 0 Å². The molecule has 0 aromatic carbocycles. The Hall–Kier alpha value is -1.00. The molecule has 0 saturated carbocycles. The van der Waals surface area contributed by atoms with E-state index in [1.165, 1.54) is 0 Å². The van der Waals surface area contributed by atoms with Crippen molar-refractivity contribution in [3.05, 3.63) is 17.3 Å². The molecule has 1 aromatic rings. The number of pyridine rings is 1. The van der Waals surface area contributed by atoms with Crippen LogP contribution < -0.4 is 11.1 Å². The van der Waals surface area contributed by atoms with E-state index in [0.29, 0.717) is 29.8 Å². The topological polar surface area (TPSA) is 60.2 Å². The van der Waals surface area contributed by atoms with Gasteiger partial charge in [0.25, 0.3) is 0 Å². The highest BCUT2D eigenvalue weighted by molar-refractivity contribution is 6.29. The van der Waals surface area contributed by atoms with Gasteiger partial charge in [-0.2, -0.15) is 0 Å². The summed E-state index contributed by atoms with van der Waals surface area (Å²) in [4.78, 5) is 4.02. The van der Waals surface area contributed by atoms with E-state index in [1.54, 1.807) is 19.2 Å². The summed E-state index contributed by atoms with van der Waals surface area (Å²) in [5.41, 5.74) is 6.23. The van der Waals surface area contributed by atoms with Gasteiger partial charge in [-0.05, 0) is 12.1 Å². The van der Waals surface area contributed by atoms with Crippen LogP contribution in [-0.2, 0) is 4.74 Å². The maximum Gasteiger partial charge on any atom is 0.151 e. The molecule has 72 valence electrons. The summed E-state index contributed by atoms with van der Waals surface area (Å²) in [7, 11) is 1.64. The summed E-state index contributed by atoms with van der Waals surface area (Å²) in [6, 6.07) is 3.36. The predicted octanol–water partition coefficient (Wildman–Crippen LogP) is 1.38. The molecule has 0 atom stereocenters. The summed E-state index contributed by atoms with van der Waals surface area (Å²) in [6.07, 6.45) is 0. The number of nitrogens with two attached hydrogens (primary N) is 1. The summed E-state index contributed by atoms with van der Waals surface area (Å²) in [6.45, 7) is 1.27. The van der Waals surface area contributed by atoms with Gasteiger partial charge in [-0.25, -0.2) is 4.98 Å². The number of methoxy groups -OCH3 is 1. The minimum Gasteiger partial charge on any atom is -0.396 e. The average molecular weight is 202 g/mol. The van der Waals surface area contributed by atoms with Gasteiger partial charge in [0, 0.05) is 13.7 Å². The first kappa shape index (κ1) is 10.1. The molecule has 0 aliphatic carbocycles. The maximum absolute atomic E-state index is 5.69. The third kappa shape index (κ3) is 3.08. The van der Waals surface area contributed by atoms with Crippen LogP contribution in [0, 0.1) is 0 Å². The number of anilines is 2. The Morgan fingerprint density at radius 1 is 1.62 bits per heavy atom. The summed E-state index contributed by atoms with van der Waals surface area (Å²) in [5.74, 6) is 0.601. The van der Waals surface area contributed by atoms with Crippen molar-refractivity contribution in [2.45, 2.75) is 0 Å². The fourth-order valence-electron chi connectivity index (χ4n) is 0.859. The molecule has 1 rings (SSSR count). The summed E-state index contributed by atoms with van der Waals surface area (Å²) >= 11 is 5.69. The van der Waals surface area contributed by atoms with E-state index < -0.39 is 0 Å². The monoisotopic (exact) mass is 201 g/mol. The second-order valence-corrected chi connectivity index (χ2v) is 2.88. The molecule has 0 radical (unpaired) electrons. The lowest BCUT2D eigenvalue weighted by atomic mass is 10.4. The third-order valence-corrected chi connectivity index (χ3v) is 1.70. The van der Waals surface area contributed by atoms with E-state index in [1.807, 2.05) is 0 Å². The zero-order valence-electron chi connectivity index (χ0n) is 7.38. The minimum atomic E-state index is 0.425. The van der Waals surface area contributed by atoms with Crippen molar-refractivity contribution in [1.29, 1.82) is 0 Å². The standard InChI is InChI=1S/C8H12ClN3O/c1-13-5-4-11-8-6(10)2-3-7(9)12-8/h2-3H,4-5,10H2,1H3,(H,11,12). The van der Waals surface area contributed by atoms with Crippen LogP contribution in [0.1, 0.15) is 0 Å². The Morgan fingerprint density at radius 2 is 2.38 bits per heavy atom. The van der Waals surface area contributed by atoms with Gasteiger partial charge in [0.2, 0.25) is 0 Å². The zero-order valence-corrected chi connectivity index (χ0v) is 8.14. The molecule has 4 nitrogen and oxygen atoms in total. The van der Waals surface area contributed by atoms with Crippen LogP contribution in [0.4, 0.5) is 11.5 Å². The molecular formula is C8H12ClN3O. The van der Waals surface area contributed by atoms with Gasteiger partial charge >= 0.3 is 0 Å². The fourth-order valence-corrected chi connectivity index (χ4v) is 1.01. The largest absolute Gasteiger partial charge is 0.396 e. The molecule has 13 heavy (non-hydrogen) atoms. The molecule has 0 fully saturated rings. The first-order chi connectivity index (χ1) is 6.24. The number of aromatic nitrogens is 1. The predicted molar refractivity (Wildman–Crippen MR) is 54.0 cm³/mol. The molecule has 0 aliphatic rings. The van der Waals surface area contributed by atoms with Gasteiger partial charge in [0.05, 0.1) is 12.3 Å². The lowest BCUT2D eigenvalue weighted by molar-refractivity contribution is 0.210. The van der Waals surface area contributed by atoms with E-state index in [-0.39, 0.29) is 0 Å². The van der Waals surface area contributed by atoms with Gasteiger partial charge in [0.15, 0.2) is 5.82 Å². The molecule has 0 aliphatic heterocycles. The molecule has 3 N–H and O–H groups in total. The van der Waals surface area contributed by atoms with Crippen molar-refractivity contribution in [3.8, 4) is 0 Å². The molecule has 0 saturated heterocycles. The van der Waals surface area contributed by atoms with Crippen LogP contribution in [-0.4, -0.2) is 25.2 Å². The lowest BCUT2D eigenvalue weighted by Gasteiger charge is -2.07. The van der Waals surface area contributed by atoms with E-state index >= 15 is 0 Å². The SMILES string of the molecule is COCCNc1nc(Cl)ccc1N. The first-order valence-corrected chi connectivity index (χ1v) is 4.26.